The average molecular weight is 292 g/mol. The number of fused-ring (bicyclic) bond motifs is 4. The maximum Gasteiger partial charge on any atom is 0.101 e. The van der Waals surface area contributed by atoms with E-state index < -0.39 is 6.10 Å². The van der Waals surface area contributed by atoms with Crippen LogP contribution in [0.1, 0.15) is 29.8 Å². The molecule has 22 heavy (non-hydrogen) atoms. The summed E-state index contributed by atoms with van der Waals surface area (Å²) in [6.45, 7) is 0.903. The third-order valence-electron chi connectivity index (χ3n) is 5.08. The minimum Gasteiger partial charge on any atom is -0.386 e. The van der Waals surface area contributed by atoms with Crippen LogP contribution in [0.3, 0.4) is 0 Å². The van der Waals surface area contributed by atoms with Crippen molar-refractivity contribution in [2.75, 3.05) is 0 Å². The normalized spacial score (nSPS) is 25.6. The highest BCUT2D eigenvalue weighted by Gasteiger charge is 2.40. The predicted octanol–water partition coefficient (Wildman–Crippen LogP) is 2.40. The molecule has 4 heterocycles. The zero-order valence-corrected chi connectivity index (χ0v) is 12.0. The Morgan fingerprint density at radius 1 is 1.09 bits per heavy atom. The van der Waals surface area contributed by atoms with Gasteiger partial charge in [0.05, 0.1) is 42.5 Å². The summed E-state index contributed by atoms with van der Waals surface area (Å²) in [6, 6.07) is 8.59. The van der Waals surface area contributed by atoms with Gasteiger partial charge in [-0.25, -0.2) is 9.97 Å². The molecular formula is C17H16N4O. The number of aliphatic hydroxyl groups excluding tert-OH is 1. The molecule has 0 amide bonds. The quantitative estimate of drug-likeness (QED) is 0.749. The second-order valence-electron chi connectivity index (χ2n) is 6.13. The van der Waals surface area contributed by atoms with Crippen LogP contribution < -0.4 is 0 Å². The molecule has 0 saturated heterocycles. The van der Waals surface area contributed by atoms with Crippen LogP contribution in [0.2, 0.25) is 0 Å². The number of aryl methyl sites for hydroxylation is 1. The lowest BCUT2D eigenvalue weighted by Crippen LogP contribution is -2.30. The average Bonchev–Trinajstić information content (AvgIpc) is 3.23. The highest BCUT2D eigenvalue weighted by Crippen LogP contribution is 2.48. The molecule has 0 saturated carbocycles. The van der Waals surface area contributed by atoms with Crippen LogP contribution in [0.15, 0.2) is 49.3 Å². The first-order valence-electron chi connectivity index (χ1n) is 7.64. The first-order valence-corrected chi connectivity index (χ1v) is 7.64. The fraction of sp³-hybridized carbons (Fsp3) is 0.294. The standard InChI is InChI=1S/C17H16N4O/c22-17-13(5-6-20-9-18-8-15(17)20)16-12-4-2-1-3-11(12)14-7-19-10-21(14)16/h1-4,7-10,13,16-17,22H,5-6H2/t13-,16+,17+/m0/s1. The Bertz CT molecular complexity index is 850. The number of aliphatic hydroxyl groups is 1. The van der Waals surface area contributed by atoms with Gasteiger partial charge in [-0.15, -0.1) is 0 Å². The molecule has 0 spiro atoms. The van der Waals surface area contributed by atoms with E-state index in [4.69, 9.17) is 0 Å². The summed E-state index contributed by atoms with van der Waals surface area (Å²) in [4.78, 5) is 8.49. The molecule has 1 N–H and O–H groups in total. The molecule has 0 bridgehead atoms. The molecule has 5 heteroatoms. The van der Waals surface area contributed by atoms with Gasteiger partial charge in [0.15, 0.2) is 0 Å². The Balaban J connectivity index is 1.65. The van der Waals surface area contributed by atoms with E-state index in [0.29, 0.717) is 0 Å². The number of hydrogen-bond acceptors (Lipinski definition) is 3. The number of aromatic nitrogens is 4. The van der Waals surface area contributed by atoms with E-state index in [0.717, 1.165) is 24.4 Å². The van der Waals surface area contributed by atoms with Crippen molar-refractivity contribution in [1.82, 2.24) is 19.1 Å². The minimum absolute atomic E-state index is 0.140. The zero-order valence-electron chi connectivity index (χ0n) is 12.0. The lowest BCUT2D eigenvalue weighted by atomic mass is 9.83. The van der Waals surface area contributed by atoms with E-state index in [2.05, 4.69) is 43.4 Å². The Hall–Kier alpha value is -2.40. The summed E-state index contributed by atoms with van der Waals surface area (Å²) in [5.41, 5.74) is 4.59. The monoisotopic (exact) mass is 292 g/mol. The molecule has 2 aliphatic heterocycles. The van der Waals surface area contributed by atoms with Crippen molar-refractivity contribution in [1.29, 1.82) is 0 Å². The van der Waals surface area contributed by atoms with Gasteiger partial charge in [0, 0.05) is 18.0 Å². The van der Waals surface area contributed by atoms with Gasteiger partial charge in [0.1, 0.15) is 6.10 Å². The smallest absolute Gasteiger partial charge is 0.101 e. The van der Waals surface area contributed by atoms with Crippen LogP contribution in [0.5, 0.6) is 0 Å². The van der Waals surface area contributed by atoms with Gasteiger partial charge in [-0.1, -0.05) is 24.3 Å². The van der Waals surface area contributed by atoms with Gasteiger partial charge < -0.3 is 14.2 Å². The molecule has 1 aromatic carbocycles. The van der Waals surface area contributed by atoms with Gasteiger partial charge in [0.2, 0.25) is 0 Å². The van der Waals surface area contributed by atoms with Crippen molar-refractivity contribution in [2.45, 2.75) is 25.1 Å². The van der Waals surface area contributed by atoms with Crippen molar-refractivity contribution in [3.8, 4) is 11.3 Å². The first kappa shape index (κ1) is 12.2. The fourth-order valence-corrected chi connectivity index (χ4v) is 4.07. The van der Waals surface area contributed by atoms with E-state index in [1.165, 1.54) is 11.1 Å². The summed E-state index contributed by atoms with van der Waals surface area (Å²) >= 11 is 0. The van der Waals surface area contributed by atoms with Crippen LogP contribution in [-0.2, 0) is 6.54 Å². The second-order valence-corrected chi connectivity index (χ2v) is 6.13. The fourth-order valence-electron chi connectivity index (χ4n) is 4.07. The summed E-state index contributed by atoms with van der Waals surface area (Å²) in [5, 5.41) is 10.9. The summed E-state index contributed by atoms with van der Waals surface area (Å²) in [7, 11) is 0. The highest BCUT2D eigenvalue weighted by atomic mass is 16.3. The van der Waals surface area contributed by atoms with Crippen molar-refractivity contribution < 1.29 is 5.11 Å². The molecule has 0 unspecified atom stereocenters. The first-order chi connectivity index (χ1) is 10.8. The number of hydrogen-bond donors (Lipinski definition) is 1. The highest BCUT2D eigenvalue weighted by molar-refractivity contribution is 5.69. The van der Waals surface area contributed by atoms with Crippen LogP contribution >= 0.6 is 0 Å². The van der Waals surface area contributed by atoms with Crippen LogP contribution in [-0.4, -0.2) is 24.2 Å². The molecule has 2 aromatic heterocycles. The van der Waals surface area contributed by atoms with E-state index in [-0.39, 0.29) is 12.0 Å². The molecule has 0 aliphatic carbocycles. The predicted molar refractivity (Wildman–Crippen MR) is 81.1 cm³/mol. The van der Waals surface area contributed by atoms with Gasteiger partial charge in [0.25, 0.3) is 0 Å². The van der Waals surface area contributed by atoms with Crippen molar-refractivity contribution in [3.63, 3.8) is 0 Å². The van der Waals surface area contributed by atoms with E-state index in [1.807, 2.05) is 12.5 Å². The molecule has 110 valence electrons. The molecule has 2 aliphatic rings. The van der Waals surface area contributed by atoms with E-state index >= 15 is 0 Å². The molecular weight excluding hydrogens is 276 g/mol. The maximum atomic E-state index is 10.9. The largest absolute Gasteiger partial charge is 0.386 e. The molecule has 3 atom stereocenters. The number of nitrogens with zero attached hydrogens (tertiary/aromatic N) is 4. The number of imidazole rings is 2. The second kappa shape index (κ2) is 4.30. The number of rotatable bonds is 1. The number of benzene rings is 1. The Morgan fingerprint density at radius 2 is 1.95 bits per heavy atom. The van der Waals surface area contributed by atoms with Crippen LogP contribution in [0.25, 0.3) is 11.3 Å². The van der Waals surface area contributed by atoms with Crippen molar-refractivity contribution >= 4 is 0 Å². The van der Waals surface area contributed by atoms with Gasteiger partial charge in [-0.05, 0) is 12.0 Å². The van der Waals surface area contributed by atoms with Gasteiger partial charge in [-0.3, -0.25) is 0 Å². The molecule has 5 rings (SSSR count). The van der Waals surface area contributed by atoms with Crippen molar-refractivity contribution in [2.24, 2.45) is 5.92 Å². The molecule has 3 aromatic rings. The zero-order chi connectivity index (χ0) is 14.7. The topological polar surface area (TPSA) is 55.9 Å². The minimum atomic E-state index is -0.498. The Morgan fingerprint density at radius 3 is 2.91 bits per heavy atom. The maximum absolute atomic E-state index is 10.9. The summed E-state index contributed by atoms with van der Waals surface area (Å²) in [6.07, 6.45) is 7.83. The lowest BCUT2D eigenvalue weighted by molar-refractivity contribution is 0.0556. The third kappa shape index (κ3) is 1.46. The molecule has 0 fully saturated rings. The van der Waals surface area contributed by atoms with Crippen molar-refractivity contribution in [3.05, 3.63) is 60.6 Å². The Labute approximate surface area is 127 Å². The van der Waals surface area contributed by atoms with E-state index in [1.54, 1.807) is 12.5 Å². The molecule has 0 radical (unpaired) electrons. The van der Waals surface area contributed by atoms with Gasteiger partial charge in [-0.2, -0.15) is 0 Å². The Kier molecular flexibility index (Phi) is 2.38. The van der Waals surface area contributed by atoms with Crippen LogP contribution in [0, 0.1) is 5.92 Å². The lowest BCUT2D eigenvalue weighted by Gasteiger charge is -2.34. The van der Waals surface area contributed by atoms with Gasteiger partial charge >= 0.3 is 0 Å². The SMILES string of the molecule is O[C@H]1c2cncn2CC[C@H]1[C@H]1c2ccccc2-c2cncn21. The molecule has 5 nitrogen and oxygen atoms in total. The van der Waals surface area contributed by atoms with Crippen LogP contribution in [0.4, 0.5) is 0 Å². The third-order valence-corrected chi connectivity index (χ3v) is 5.08. The summed E-state index contributed by atoms with van der Waals surface area (Å²) in [5.74, 6) is 0.140. The van der Waals surface area contributed by atoms with E-state index in [9.17, 15) is 5.11 Å². The summed E-state index contributed by atoms with van der Waals surface area (Å²) < 4.78 is 4.27.